The molecule has 0 fully saturated rings. The largest absolute Gasteiger partial charge is 0.0928 e. The Morgan fingerprint density at radius 3 is 0.378 bits per heavy atom. The maximum atomic E-state index is 3.53. The third kappa shape index (κ3) is 97.1. The highest BCUT2D eigenvalue weighted by Gasteiger charge is 2.00. The molecule has 0 saturated heterocycles. The average Bonchev–Trinajstić information content (AvgIpc) is 3.39. The van der Waals surface area contributed by atoms with Crippen LogP contribution in [0.25, 0.3) is 0 Å². The van der Waals surface area contributed by atoms with Crippen LogP contribution in [0.1, 0.15) is 413 Å². The minimum atomic E-state index is 0.525. The van der Waals surface area contributed by atoms with Crippen LogP contribution in [-0.4, -0.2) is 18.1 Å². The zero-order chi connectivity index (χ0) is 55.0. The third-order valence-corrected chi connectivity index (χ3v) is 18.0. The average molecular weight is 1440 g/mol. The van der Waals surface area contributed by atoms with Gasteiger partial charge in [0.25, 0.3) is 0 Å². The second-order valence-electron chi connectivity index (χ2n) is 22.8. The maximum absolute atomic E-state index is 3.53. The molecule has 0 saturated carbocycles. The Morgan fingerprint density at radius 1 is 0.162 bits per heavy atom. The van der Waals surface area contributed by atoms with Gasteiger partial charge in [0.05, 0.1) is 7.47 Å². The fraction of sp³-hybridized carbons (Fsp3) is 1.00. The van der Waals surface area contributed by atoms with Gasteiger partial charge in [0, 0.05) is 10.7 Å². The second kappa shape index (κ2) is 84.7. The topological polar surface area (TPSA) is 0 Å². The van der Waals surface area contributed by atoms with Gasteiger partial charge in [-0.15, -0.1) is 0 Å². The number of halogens is 6. The summed E-state index contributed by atoms with van der Waals surface area (Å²) in [6.45, 7) is 9.16. The van der Waals surface area contributed by atoms with Crippen LogP contribution < -0.4 is 0 Å². The predicted molar refractivity (Wildman–Crippen MR) is 371 cm³/mol. The quantitative estimate of drug-likeness (QED) is 0.0421. The highest BCUT2D eigenvalue weighted by atomic mass is 79.9. The van der Waals surface area contributed by atoms with Gasteiger partial charge in [-0.1, -0.05) is 483 Å². The molecule has 74 heavy (non-hydrogen) atoms. The molecular weight excluding hydrogens is 1300 g/mol. The van der Waals surface area contributed by atoms with Crippen molar-refractivity contribution in [3.8, 4) is 0 Å². The fourth-order valence-electron chi connectivity index (χ4n) is 9.92. The Kier molecular flexibility index (Phi) is 95.4. The molecule has 0 radical (unpaired) electrons. The summed E-state index contributed by atoms with van der Waals surface area (Å²) < 4.78 is 1.05. The van der Waals surface area contributed by atoms with Crippen LogP contribution in [0.3, 0.4) is 0 Å². The molecule has 0 spiro atoms. The first kappa shape index (κ1) is 83.3. The van der Waals surface area contributed by atoms with Crippen molar-refractivity contribution in [1.82, 2.24) is 0 Å². The molecule has 0 rings (SSSR count). The molecule has 0 heterocycles. The second-order valence-corrected chi connectivity index (χ2v) is 31.3. The van der Waals surface area contributed by atoms with E-state index < -0.39 is 0 Å². The first-order valence-corrected chi connectivity index (χ1v) is 40.0. The maximum Gasteiger partial charge on any atom is 0.0697 e. The van der Waals surface area contributed by atoms with Gasteiger partial charge in [0.1, 0.15) is 0 Å². The van der Waals surface area contributed by atoms with Gasteiger partial charge in [0.15, 0.2) is 0 Å². The summed E-state index contributed by atoms with van der Waals surface area (Å²) in [6, 6.07) is 0. The Bertz CT molecular complexity index is 824. The lowest BCUT2D eigenvalue weighted by atomic mass is 10.0. The SMILES string of the molecule is CCCCCCCCCCCCCCCC(Br)Br.CCCCCCCCCCCCCCCCBr.CCCCCCCCCCCCCCCCCC(Br)Br.CCCCCCCCCCCCCCCCCCBr. The van der Waals surface area contributed by atoms with E-state index in [2.05, 4.69) is 123 Å². The molecule has 0 aromatic carbocycles. The minimum absolute atomic E-state index is 0.525. The van der Waals surface area contributed by atoms with E-state index in [0.717, 1.165) is 0 Å². The lowest BCUT2D eigenvalue weighted by Crippen LogP contribution is -1.86. The predicted octanol–water partition coefficient (Wildman–Crippen LogP) is 30.5. The van der Waals surface area contributed by atoms with Gasteiger partial charge >= 0.3 is 0 Å². The first-order valence-electron chi connectivity index (χ1n) is 34.1. The van der Waals surface area contributed by atoms with Crippen molar-refractivity contribution in [3.05, 3.63) is 0 Å². The van der Waals surface area contributed by atoms with Crippen molar-refractivity contribution in [2.45, 2.75) is 420 Å². The number of rotatable bonds is 60. The van der Waals surface area contributed by atoms with E-state index in [0.29, 0.717) is 7.47 Å². The molecule has 0 aliphatic rings. The standard InChI is InChI=1S/C18H36Br2.C18H37Br.C16H32Br2.C16H33Br/c1-2-3-4-5-6-7-8-9-10-11-12-13-14-15-16-17-18(19)20;1-2-3-4-5-6-7-8-9-10-11-12-13-14-15-16-17-18-19;1-2-3-4-5-6-7-8-9-10-11-12-13-14-15-16(17)18;1-2-3-4-5-6-7-8-9-10-11-12-13-14-15-16-17/h18H,2-17H2,1H3;2-18H2,1H3;16H,2-15H2,1H3;2-16H2,1H3. The molecule has 0 aliphatic heterocycles. The lowest BCUT2D eigenvalue weighted by molar-refractivity contribution is 0.531. The lowest BCUT2D eigenvalue weighted by Gasteiger charge is -2.04. The third-order valence-electron chi connectivity index (χ3n) is 15.0. The van der Waals surface area contributed by atoms with E-state index in [1.165, 1.54) is 396 Å². The van der Waals surface area contributed by atoms with E-state index in [4.69, 9.17) is 0 Å². The molecule has 0 atom stereocenters. The summed E-state index contributed by atoms with van der Waals surface area (Å²) >= 11 is 21.1. The zero-order valence-corrected chi connectivity index (χ0v) is 60.8. The zero-order valence-electron chi connectivity index (χ0n) is 51.3. The summed E-state index contributed by atoms with van der Waals surface area (Å²) in [5, 5.41) is 2.37. The molecule has 6 heteroatoms. The van der Waals surface area contributed by atoms with Crippen molar-refractivity contribution in [2.75, 3.05) is 10.7 Å². The highest BCUT2D eigenvalue weighted by molar-refractivity contribution is 9.25. The van der Waals surface area contributed by atoms with Crippen LogP contribution in [0.2, 0.25) is 0 Å². The van der Waals surface area contributed by atoms with Crippen LogP contribution in [-0.2, 0) is 0 Å². The number of hydrogen-bond donors (Lipinski definition) is 0. The van der Waals surface area contributed by atoms with Crippen LogP contribution >= 0.6 is 95.6 Å². The molecule has 452 valence electrons. The van der Waals surface area contributed by atoms with E-state index >= 15 is 0 Å². The summed E-state index contributed by atoms with van der Waals surface area (Å²) in [6.07, 6.45) is 86.5. The summed E-state index contributed by atoms with van der Waals surface area (Å²) in [5.41, 5.74) is 0. The van der Waals surface area contributed by atoms with Crippen LogP contribution in [0, 0.1) is 0 Å². The molecule has 0 N–H and O–H groups in total. The van der Waals surface area contributed by atoms with Crippen LogP contribution in [0.4, 0.5) is 0 Å². The number of unbranched alkanes of at least 4 members (excludes halogenated alkanes) is 54. The Labute approximate surface area is 521 Å². The van der Waals surface area contributed by atoms with Crippen molar-refractivity contribution in [2.24, 2.45) is 0 Å². The Balaban J connectivity index is -0.000000442. The Morgan fingerprint density at radius 2 is 0.270 bits per heavy atom. The summed E-state index contributed by atoms with van der Waals surface area (Å²) in [7, 11) is 0. The normalized spacial score (nSPS) is 11.2. The summed E-state index contributed by atoms with van der Waals surface area (Å²) in [4.78, 5) is 0. The van der Waals surface area contributed by atoms with Gasteiger partial charge in [-0.05, 0) is 25.7 Å². The van der Waals surface area contributed by atoms with Crippen LogP contribution in [0.15, 0.2) is 0 Å². The molecule has 0 nitrogen and oxygen atoms in total. The van der Waals surface area contributed by atoms with E-state index in [-0.39, 0.29) is 0 Å². The van der Waals surface area contributed by atoms with Crippen molar-refractivity contribution in [1.29, 1.82) is 0 Å². The minimum Gasteiger partial charge on any atom is -0.0928 e. The van der Waals surface area contributed by atoms with Crippen molar-refractivity contribution < 1.29 is 0 Å². The smallest absolute Gasteiger partial charge is 0.0697 e. The van der Waals surface area contributed by atoms with E-state index in [1.54, 1.807) is 0 Å². The highest BCUT2D eigenvalue weighted by Crippen LogP contribution is 2.21. The molecule has 0 aromatic heterocycles. The molecule has 0 aromatic rings. The molecule has 0 bridgehead atoms. The Hall–Kier alpha value is 2.88. The van der Waals surface area contributed by atoms with Gasteiger partial charge < -0.3 is 0 Å². The molecule has 0 amide bonds. The van der Waals surface area contributed by atoms with Gasteiger partial charge in [0.2, 0.25) is 0 Å². The van der Waals surface area contributed by atoms with Gasteiger partial charge in [-0.3, -0.25) is 0 Å². The van der Waals surface area contributed by atoms with E-state index in [1.807, 2.05) is 0 Å². The monoisotopic (exact) mass is 1430 g/mol. The molecular formula is C68H138Br6. The van der Waals surface area contributed by atoms with Gasteiger partial charge in [-0.2, -0.15) is 0 Å². The van der Waals surface area contributed by atoms with E-state index in [9.17, 15) is 0 Å². The fourth-order valence-corrected chi connectivity index (χ4v) is 12.0. The molecule has 0 unspecified atom stereocenters. The first-order chi connectivity index (χ1) is 36.4. The summed E-state index contributed by atoms with van der Waals surface area (Å²) in [5.74, 6) is 0. The number of alkyl halides is 6. The van der Waals surface area contributed by atoms with Crippen molar-refractivity contribution >= 4 is 95.6 Å². The number of hydrogen-bond acceptors (Lipinski definition) is 0. The van der Waals surface area contributed by atoms with Gasteiger partial charge in [-0.25, -0.2) is 0 Å². The van der Waals surface area contributed by atoms with Crippen molar-refractivity contribution in [3.63, 3.8) is 0 Å². The molecule has 0 aliphatic carbocycles. The van der Waals surface area contributed by atoms with Crippen LogP contribution in [0.5, 0.6) is 0 Å².